The van der Waals surface area contributed by atoms with Crippen molar-refractivity contribution in [3.05, 3.63) is 30.6 Å². The molecule has 0 saturated carbocycles. The highest BCUT2D eigenvalue weighted by Gasteiger charge is 2.33. The van der Waals surface area contributed by atoms with Gasteiger partial charge in [0.25, 0.3) is 5.92 Å². The fraction of sp³-hybridized carbons (Fsp3) is 0.953. The van der Waals surface area contributed by atoms with E-state index in [0.29, 0.717) is 26.2 Å². The highest BCUT2D eigenvalue weighted by Crippen LogP contribution is 2.28. The smallest absolute Gasteiger partial charge is 0.250 e. The Labute approximate surface area is 764 Å². The fourth-order valence-corrected chi connectivity index (χ4v) is 15.8. The number of hydrogen-bond acceptors (Lipinski definition) is 12. The molecule has 6 saturated heterocycles. The Balaban J connectivity index is -0.000000411. The molecule has 7 heterocycles. The van der Waals surface area contributed by atoms with E-state index < -0.39 is 5.92 Å². The predicted molar refractivity (Wildman–Crippen MR) is 541 cm³/mol. The van der Waals surface area contributed by atoms with Gasteiger partial charge >= 0.3 is 0 Å². The molecule has 0 aliphatic carbocycles. The first-order valence-electron chi connectivity index (χ1n) is 51.4. The predicted octanol–water partition coefficient (Wildman–Crippen LogP) is 26.6. The van der Waals surface area contributed by atoms with E-state index in [9.17, 15) is 8.78 Å². The summed E-state index contributed by atoms with van der Waals surface area (Å²) in [5, 5.41) is 17.5. The van der Waals surface area contributed by atoms with Gasteiger partial charge in [0.2, 0.25) is 0 Å². The minimum atomic E-state index is -2.39. The van der Waals surface area contributed by atoms with Crippen molar-refractivity contribution in [1.82, 2.24) is 39.2 Å². The van der Waals surface area contributed by atoms with Gasteiger partial charge in [-0.2, -0.15) is 11.8 Å². The zero-order valence-corrected chi connectivity index (χ0v) is 87.0. The Kier molecular flexibility index (Phi) is 96.4. The molecule has 0 unspecified atom stereocenters. The SMILES string of the molecule is C.CC(C)C.CC(C)CCCN(C)C.CC(C)CCCN(CCO)CCO.CC(C)CCCN1CCC(C)CC1.CC(C)CCCN1CCC(F)(F)CC1.CC(C)CCCN1CCCCC1.CC(C)CCCN1CCCCC1.CC(C)CCCN1CCOCC1.CC(C)CCCN1CCSCC1.CC(C)CCC[n+]1ccccc1.CCCCC(C)C. The van der Waals surface area contributed by atoms with Crippen LogP contribution in [0.25, 0.3) is 0 Å². The molecular weight excluding hydrogens is 1520 g/mol. The number of aryl methyl sites for hydroxylation is 1. The van der Waals surface area contributed by atoms with Gasteiger partial charge in [0, 0.05) is 95.3 Å². The van der Waals surface area contributed by atoms with Crippen LogP contribution < -0.4 is 4.57 Å². The molecule has 0 radical (unpaired) electrons. The number of thioether (sulfide) groups is 1. The maximum atomic E-state index is 12.8. The standard InChI is InChI=1S/C12H25N.C11H21F2N.2C11H23N.C11H18N.C10H23NO2.C10H21NO.C10H21NS.C8H19N.C7H16.C4H10.CH4/c1-11(2)5-4-8-13-9-6-12(3)7-10-13;1-10(2)4-3-7-14-8-5-11(12,13)6-9-14;3*1-11(2)7-6-10-12-8-4-3-5-9-12;1-10(2)4-3-5-11(6-8-12)7-9-13;2*1-10(2)4-3-5-11-6-8-12-9-7-11;1-8(2)6-5-7-9(3)4;1-4-5-6-7(2)3;1-4(2)3;/h11-12H,4-10H2,1-3H3;10H,3-9H2,1-2H3;2*11H,3-10H2,1-2H3;3-5,8-9,11H,6-7,10H2,1-2H3;10,12-13H,3-9H2,1-2H3;2*10H,3-9H2,1-2H3;8H,5-7H2,1-4H3;7H,4-6H2,1-3H3;4H,1-3H3;1H4/q;;;;+1;;;;;;;. The Morgan fingerprint density at radius 1 is 0.380 bits per heavy atom. The van der Waals surface area contributed by atoms with Crippen molar-refractivity contribution in [3.63, 3.8) is 0 Å². The summed E-state index contributed by atoms with van der Waals surface area (Å²) in [5.41, 5.74) is 0. The first-order valence-corrected chi connectivity index (χ1v) is 52.5. The second-order valence-corrected chi connectivity index (χ2v) is 43.0. The quantitative estimate of drug-likeness (QED) is 0.0612. The average Bonchev–Trinajstić information content (AvgIpc) is 0.873. The number of hydrogen-bond donors (Lipinski definition) is 2. The van der Waals surface area contributed by atoms with Gasteiger partial charge in [-0.05, 0) is 324 Å². The molecule has 0 bridgehead atoms. The number of alkyl halides is 2. The number of halogens is 2. The van der Waals surface area contributed by atoms with Crippen molar-refractivity contribution < 1.29 is 28.3 Å². The van der Waals surface area contributed by atoms with E-state index >= 15 is 0 Å². The van der Waals surface area contributed by atoms with Crippen molar-refractivity contribution in [1.29, 1.82) is 0 Å². The molecule has 0 atom stereocenters. The van der Waals surface area contributed by atoms with E-state index in [4.69, 9.17) is 14.9 Å². The van der Waals surface area contributed by atoms with E-state index in [1.165, 1.54) is 276 Å². The van der Waals surface area contributed by atoms with Gasteiger partial charge in [0.15, 0.2) is 12.4 Å². The van der Waals surface area contributed by atoms with E-state index in [-0.39, 0.29) is 33.5 Å². The Morgan fingerprint density at radius 3 is 0.983 bits per heavy atom. The van der Waals surface area contributed by atoms with Gasteiger partial charge in [-0.15, -0.1) is 0 Å². The molecule has 12 nitrogen and oxygen atoms in total. The number of unbranched alkanes of at least 4 members (excludes halogenated alkanes) is 1. The summed E-state index contributed by atoms with van der Waals surface area (Å²) in [7, 11) is 4.25. The van der Waals surface area contributed by atoms with Crippen LogP contribution in [-0.2, 0) is 11.3 Å². The number of morpholine rings is 1. The number of likely N-dealkylation sites (tertiary alicyclic amines) is 4. The topological polar surface area (TPSA) is 79.5 Å². The van der Waals surface area contributed by atoms with Gasteiger partial charge < -0.3 is 44.3 Å². The largest absolute Gasteiger partial charge is 0.395 e. The Bertz CT molecular complexity index is 1970. The molecule has 730 valence electrons. The number of pyridine rings is 1. The zero-order chi connectivity index (χ0) is 91.0. The van der Waals surface area contributed by atoms with Crippen LogP contribution in [0, 0.1) is 71.0 Å². The maximum Gasteiger partial charge on any atom is 0.250 e. The summed E-state index contributed by atoms with van der Waals surface area (Å²) >= 11 is 2.10. The van der Waals surface area contributed by atoms with Crippen molar-refractivity contribution >= 4 is 11.8 Å². The third-order valence-corrected chi connectivity index (χ3v) is 23.6. The second kappa shape index (κ2) is 90.8. The summed E-state index contributed by atoms with van der Waals surface area (Å²) in [5.74, 6) is 10.5. The molecule has 6 aliphatic heterocycles. The molecular formula is C106H224F2N9O3S+. The maximum absolute atomic E-state index is 12.8. The highest BCUT2D eigenvalue weighted by molar-refractivity contribution is 7.99. The van der Waals surface area contributed by atoms with Crippen LogP contribution in [0.15, 0.2) is 30.6 Å². The van der Waals surface area contributed by atoms with E-state index in [1.54, 1.807) is 0 Å². The Hall–Kier alpha value is -1.08. The third kappa shape index (κ3) is 104. The number of aliphatic hydroxyl groups is 2. The zero-order valence-electron chi connectivity index (χ0n) is 86.2. The molecule has 0 aromatic carbocycles. The number of rotatable bonds is 43. The van der Waals surface area contributed by atoms with Gasteiger partial charge in [-0.25, -0.2) is 13.3 Å². The Morgan fingerprint density at radius 2 is 0.669 bits per heavy atom. The number of ether oxygens (including phenoxy) is 1. The van der Waals surface area contributed by atoms with Crippen LogP contribution in [0.3, 0.4) is 0 Å². The van der Waals surface area contributed by atoms with Crippen molar-refractivity contribution in [2.24, 2.45) is 71.0 Å². The van der Waals surface area contributed by atoms with Crippen LogP contribution in [0.2, 0.25) is 0 Å². The van der Waals surface area contributed by atoms with Crippen LogP contribution in [0.1, 0.15) is 380 Å². The molecule has 6 fully saturated rings. The average molecular weight is 1740 g/mol. The molecule has 7 rings (SSSR count). The lowest BCUT2D eigenvalue weighted by molar-refractivity contribution is -0.697. The number of nitrogens with zero attached hydrogens (tertiary/aromatic N) is 9. The molecule has 15 heteroatoms. The minimum absolute atomic E-state index is 0. The lowest BCUT2D eigenvalue weighted by Gasteiger charge is -2.31. The lowest BCUT2D eigenvalue weighted by Crippen LogP contribution is -2.39. The van der Waals surface area contributed by atoms with Crippen LogP contribution in [-0.4, -0.2) is 251 Å². The van der Waals surface area contributed by atoms with E-state index in [0.717, 1.165) is 130 Å². The van der Waals surface area contributed by atoms with Gasteiger partial charge in [0.05, 0.1) is 26.4 Å². The summed E-state index contributed by atoms with van der Waals surface area (Å²) < 4.78 is 33.1. The molecule has 2 N–H and O–H groups in total. The minimum Gasteiger partial charge on any atom is -0.395 e. The summed E-state index contributed by atoms with van der Waals surface area (Å²) in [6.07, 6.45) is 43.9. The van der Waals surface area contributed by atoms with Crippen LogP contribution in [0.5, 0.6) is 0 Å². The molecule has 121 heavy (non-hydrogen) atoms. The van der Waals surface area contributed by atoms with E-state index in [1.807, 2.05) is 0 Å². The molecule has 1 aromatic rings. The fourth-order valence-electron chi connectivity index (χ4n) is 14.8. The van der Waals surface area contributed by atoms with Gasteiger partial charge in [0.1, 0.15) is 6.54 Å². The van der Waals surface area contributed by atoms with Gasteiger partial charge in [-0.3, -0.25) is 9.80 Å². The number of aliphatic hydroxyl groups excluding tert-OH is 2. The lowest BCUT2D eigenvalue weighted by atomic mass is 9.99. The highest BCUT2D eigenvalue weighted by atomic mass is 32.2. The number of piperidine rings is 4. The van der Waals surface area contributed by atoms with Crippen LogP contribution in [0.4, 0.5) is 8.78 Å². The molecule has 1 aromatic heterocycles. The monoisotopic (exact) mass is 1740 g/mol. The summed E-state index contributed by atoms with van der Waals surface area (Å²) in [6.45, 7) is 85.5. The summed E-state index contributed by atoms with van der Waals surface area (Å²) in [4.78, 5) is 19.5. The second-order valence-electron chi connectivity index (χ2n) is 41.7. The van der Waals surface area contributed by atoms with Gasteiger partial charge in [-0.1, -0.05) is 219 Å². The summed E-state index contributed by atoms with van der Waals surface area (Å²) in [6, 6.07) is 6.21. The van der Waals surface area contributed by atoms with Crippen molar-refractivity contribution in [3.8, 4) is 0 Å². The molecule has 6 aliphatic rings. The molecule has 0 amide bonds. The first kappa shape index (κ1) is 128. The van der Waals surface area contributed by atoms with E-state index in [2.05, 4.69) is 273 Å². The first-order chi connectivity index (χ1) is 56.9. The number of aromatic nitrogens is 1. The van der Waals surface area contributed by atoms with Crippen LogP contribution >= 0.6 is 11.8 Å². The van der Waals surface area contributed by atoms with Crippen molar-refractivity contribution in [2.75, 3.05) is 196 Å². The van der Waals surface area contributed by atoms with Crippen molar-refractivity contribution in [2.45, 2.75) is 392 Å². The third-order valence-electron chi connectivity index (χ3n) is 22.7. The normalized spacial score (nSPS) is 17.0. The molecule has 0 spiro atoms.